The standard InChI is InChI=1S/C12H23NO/c1-3-10(2)13-12(14)11-8-6-4-5-7-9-11/h10-11H,3-9H2,1-2H3,(H,13,14). The van der Waals surface area contributed by atoms with Gasteiger partial charge in [0.25, 0.3) is 0 Å². The van der Waals surface area contributed by atoms with Crippen LogP contribution in [0.3, 0.4) is 0 Å². The minimum absolute atomic E-state index is 0.293. The zero-order valence-corrected chi connectivity index (χ0v) is 9.51. The average Bonchev–Trinajstić information content (AvgIpc) is 2.45. The first-order valence-electron chi connectivity index (χ1n) is 6.04. The van der Waals surface area contributed by atoms with E-state index in [1.807, 2.05) is 0 Å². The van der Waals surface area contributed by atoms with Gasteiger partial charge in [-0.3, -0.25) is 4.79 Å². The second-order valence-electron chi connectivity index (χ2n) is 4.51. The van der Waals surface area contributed by atoms with Gasteiger partial charge in [-0.05, 0) is 26.2 Å². The Morgan fingerprint density at radius 2 is 1.86 bits per heavy atom. The lowest BCUT2D eigenvalue weighted by atomic mass is 9.99. The van der Waals surface area contributed by atoms with Gasteiger partial charge in [-0.25, -0.2) is 0 Å². The summed E-state index contributed by atoms with van der Waals surface area (Å²) in [5.41, 5.74) is 0. The Morgan fingerprint density at radius 1 is 1.29 bits per heavy atom. The first kappa shape index (κ1) is 11.5. The molecular formula is C12H23NO. The Balaban J connectivity index is 2.34. The molecule has 0 aromatic carbocycles. The fourth-order valence-corrected chi connectivity index (χ4v) is 2.00. The third kappa shape index (κ3) is 3.69. The van der Waals surface area contributed by atoms with E-state index in [0.717, 1.165) is 19.3 Å². The number of carbonyl (C=O) groups is 1. The number of hydrogen-bond acceptors (Lipinski definition) is 1. The number of rotatable bonds is 3. The van der Waals surface area contributed by atoms with Crippen LogP contribution in [0.5, 0.6) is 0 Å². The average molecular weight is 197 g/mol. The first-order chi connectivity index (χ1) is 6.74. The molecule has 1 atom stereocenters. The van der Waals surface area contributed by atoms with Gasteiger partial charge in [-0.1, -0.05) is 32.6 Å². The molecule has 1 amide bonds. The smallest absolute Gasteiger partial charge is 0.223 e. The molecule has 0 aromatic rings. The third-order valence-corrected chi connectivity index (χ3v) is 3.23. The van der Waals surface area contributed by atoms with Crippen molar-refractivity contribution >= 4 is 5.91 Å². The van der Waals surface area contributed by atoms with Crippen molar-refractivity contribution in [1.29, 1.82) is 0 Å². The largest absolute Gasteiger partial charge is 0.353 e. The highest BCUT2D eigenvalue weighted by atomic mass is 16.1. The number of hydrogen-bond donors (Lipinski definition) is 1. The maximum Gasteiger partial charge on any atom is 0.223 e. The van der Waals surface area contributed by atoms with E-state index in [2.05, 4.69) is 19.2 Å². The first-order valence-corrected chi connectivity index (χ1v) is 6.04. The number of carbonyl (C=O) groups excluding carboxylic acids is 1. The molecule has 0 aliphatic heterocycles. The highest BCUT2D eigenvalue weighted by Gasteiger charge is 2.20. The second kappa shape index (κ2) is 6.05. The molecule has 1 saturated carbocycles. The molecule has 1 unspecified atom stereocenters. The summed E-state index contributed by atoms with van der Waals surface area (Å²) in [4.78, 5) is 11.8. The molecule has 1 rings (SSSR count). The molecule has 0 radical (unpaired) electrons. The van der Waals surface area contributed by atoms with Crippen molar-refractivity contribution in [1.82, 2.24) is 5.32 Å². The van der Waals surface area contributed by atoms with Crippen LogP contribution in [-0.4, -0.2) is 11.9 Å². The SMILES string of the molecule is CCC(C)NC(=O)C1CCCCCC1. The van der Waals surface area contributed by atoms with Crippen molar-refractivity contribution < 1.29 is 4.79 Å². The summed E-state index contributed by atoms with van der Waals surface area (Å²) in [6.07, 6.45) is 8.32. The van der Waals surface area contributed by atoms with Crippen LogP contribution in [0.2, 0.25) is 0 Å². The number of nitrogens with one attached hydrogen (secondary N) is 1. The van der Waals surface area contributed by atoms with Crippen molar-refractivity contribution in [3.63, 3.8) is 0 Å². The van der Waals surface area contributed by atoms with Crippen molar-refractivity contribution in [3.05, 3.63) is 0 Å². The molecule has 1 fully saturated rings. The molecule has 14 heavy (non-hydrogen) atoms. The van der Waals surface area contributed by atoms with Crippen LogP contribution in [0.15, 0.2) is 0 Å². The highest BCUT2D eigenvalue weighted by Crippen LogP contribution is 2.22. The normalized spacial score (nSPS) is 21.3. The molecule has 1 N–H and O–H groups in total. The quantitative estimate of drug-likeness (QED) is 0.692. The van der Waals surface area contributed by atoms with Crippen molar-refractivity contribution in [3.8, 4) is 0 Å². The van der Waals surface area contributed by atoms with Gasteiger partial charge in [-0.2, -0.15) is 0 Å². The minimum Gasteiger partial charge on any atom is -0.353 e. The molecule has 2 heteroatoms. The Bertz CT molecular complexity index is 171. The van der Waals surface area contributed by atoms with Gasteiger partial charge >= 0.3 is 0 Å². The zero-order valence-electron chi connectivity index (χ0n) is 9.51. The molecule has 0 bridgehead atoms. The van der Waals surface area contributed by atoms with Gasteiger partial charge < -0.3 is 5.32 Å². The molecule has 0 spiro atoms. The molecule has 1 aliphatic carbocycles. The van der Waals surface area contributed by atoms with E-state index in [-0.39, 0.29) is 0 Å². The fraction of sp³-hybridized carbons (Fsp3) is 0.917. The van der Waals surface area contributed by atoms with E-state index >= 15 is 0 Å². The van der Waals surface area contributed by atoms with Gasteiger partial charge in [0.05, 0.1) is 0 Å². The van der Waals surface area contributed by atoms with Gasteiger partial charge in [0.15, 0.2) is 0 Å². The van der Waals surface area contributed by atoms with Crippen LogP contribution in [0, 0.1) is 5.92 Å². The Kier molecular flexibility index (Phi) is 4.99. The number of amides is 1. The van der Waals surface area contributed by atoms with Crippen LogP contribution in [0.4, 0.5) is 0 Å². The van der Waals surface area contributed by atoms with Gasteiger partial charge in [0.2, 0.25) is 5.91 Å². The fourth-order valence-electron chi connectivity index (χ4n) is 2.00. The molecule has 2 nitrogen and oxygen atoms in total. The van der Waals surface area contributed by atoms with E-state index in [1.54, 1.807) is 0 Å². The van der Waals surface area contributed by atoms with Crippen molar-refractivity contribution in [2.75, 3.05) is 0 Å². The van der Waals surface area contributed by atoms with Gasteiger partial charge in [0.1, 0.15) is 0 Å². The topological polar surface area (TPSA) is 29.1 Å². The summed E-state index contributed by atoms with van der Waals surface area (Å²) in [6, 6.07) is 0.339. The monoisotopic (exact) mass is 197 g/mol. The summed E-state index contributed by atoms with van der Waals surface area (Å²) in [5, 5.41) is 3.09. The minimum atomic E-state index is 0.293. The van der Waals surface area contributed by atoms with E-state index < -0.39 is 0 Å². The predicted molar refractivity (Wildman–Crippen MR) is 59.1 cm³/mol. The van der Waals surface area contributed by atoms with Crippen LogP contribution in [0.25, 0.3) is 0 Å². The van der Waals surface area contributed by atoms with E-state index in [0.29, 0.717) is 17.9 Å². The van der Waals surface area contributed by atoms with Gasteiger partial charge in [-0.15, -0.1) is 0 Å². The Hall–Kier alpha value is -0.530. The summed E-state index contributed by atoms with van der Waals surface area (Å²) < 4.78 is 0. The van der Waals surface area contributed by atoms with Crippen LogP contribution < -0.4 is 5.32 Å². The van der Waals surface area contributed by atoms with Crippen LogP contribution in [0.1, 0.15) is 58.8 Å². The lowest BCUT2D eigenvalue weighted by Gasteiger charge is -2.17. The van der Waals surface area contributed by atoms with E-state index in [1.165, 1.54) is 25.7 Å². The molecule has 0 heterocycles. The third-order valence-electron chi connectivity index (χ3n) is 3.23. The Morgan fingerprint density at radius 3 is 2.36 bits per heavy atom. The molecule has 82 valence electrons. The predicted octanol–water partition coefficient (Wildman–Crippen LogP) is 2.87. The summed E-state index contributed by atoms with van der Waals surface area (Å²) >= 11 is 0. The maximum absolute atomic E-state index is 11.8. The van der Waals surface area contributed by atoms with Crippen LogP contribution in [-0.2, 0) is 4.79 Å². The van der Waals surface area contributed by atoms with E-state index in [4.69, 9.17) is 0 Å². The molecule has 0 aromatic heterocycles. The molecular weight excluding hydrogens is 174 g/mol. The lowest BCUT2D eigenvalue weighted by Crippen LogP contribution is -2.36. The summed E-state index contributed by atoms with van der Waals surface area (Å²) in [5.74, 6) is 0.591. The van der Waals surface area contributed by atoms with Crippen molar-refractivity contribution in [2.45, 2.75) is 64.8 Å². The van der Waals surface area contributed by atoms with Crippen molar-refractivity contribution in [2.24, 2.45) is 5.92 Å². The molecule has 0 saturated heterocycles. The molecule has 1 aliphatic rings. The highest BCUT2D eigenvalue weighted by molar-refractivity contribution is 5.78. The maximum atomic E-state index is 11.8. The van der Waals surface area contributed by atoms with E-state index in [9.17, 15) is 4.79 Å². The van der Waals surface area contributed by atoms with Gasteiger partial charge in [0, 0.05) is 12.0 Å². The second-order valence-corrected chi connectivity index (χ2v) is 4.51. The van der Waals surface area contributed by atoms with Crippen LogP contribution >= 0.6 is 0 Å². The Labute approximate surface area is 87.5 Å². The summed E-state index contributed by atoms with van der Waals surface area (Å²) in [7, 11) is 0. The zero-order chi connectivity index (χ0) is 10.4. The summed E-state index contributed by atoms with van der Waals surface area (Å²) in [6.45, 7) is 4.19. The lowest BCUT2D eigenvalue weighted by molar-refractivity contribution is -0.126.